The lowest BCUT2D eigenvalue weighted by molar-refractivity contribution is 0.0542. The van der Waals surface area contributed by atoms with Gasteiger partial charge in [0.05, 0.1) is 5.41 Å². The van der Waals surface area contributed by atoms with Crippen molar-refractivity contribution >= 4 is 11.6 Å². The van der Waals surface area contributed by atoms with E-state index < -0.39 is 0 Å². The van der Waals surface area contributed by atoms with E-state index in [1.807, 2.05) is 24.3 Å². The van der Waals surface area contributed by atoms with Crippen LogP contribution in [0.5, 0.6) is 0 Å². The summed E-state index contributed by atoms with van der Waals surface area (Å²) in [6, 6.07) is 7.85. The van der Waals surface area contributed by atoms with Crippen molar-refractivity contribution in [2.75, 3.05) is 13.2 Å². The summed E-state index contributed by atoms with van der Waals surface area (Å²) in [5, 5.41) is 8.93. The minimum absolute atomic E-state index is 0.322. The molecule has 0 spiro atoms. The molecule has 4 nitrogen and oxygen atoms in total. The fourth-order valence-electron chi connectivity index (χ4n) is 2.66. The van der Waals surface area contributed by atoms with E-state index in [2.05, 4.69) is 10.2 Å². The van der Waals surface area contributed by atoms with Crippen molar-refractivity contribution in [3.05, 3.63) is 46.6 Å². The highest BCUT2D eigenvalue weighted by Crippen LogP contribution is 2.43. The first-order valence-electron chi connectivity index (χ1n) is 6.36. The Morgan fingerprint density at radius 1 is 1.16 bits per heavy atom. The van der Waals surface area contributed by atoms with Crippen LogP contribution in [0.4, 0.5) is 0 Å². The van der Waals surface area contributed by atoms with E-state index in [9.17, 15) is 0 Å². The number of nitrogens with zero attached hydrogens (tertiary/aromatic N) is 2. The van der Waals surface area contributed by atoms with E-state index in [4.69, 9.17) is 20.8 Å². The quantitative estimate of drug-likeness (QED) is 0.847. The lowest BCUT2D eigenvalue weighted by Crippen LogP contribution is -2.35. The van der Waals surface area contributed by atoms with Gasteiger partial charge in [-0.15, -0.1) is 10.2 Å². The Morgan fingerprint density at radius 2 is 1.89 bits per heavy atom. The second kappa shape index (κ2) is 4.94. The van der Waals surface area contributed by atoms with Crippen molar-refractivity contribution in [3.63, 3.8) is 0 Å². The number of aryl methyl sites for hydroxylation is 1. The zero-order chi connectivity index (χ0) is 13.3. The highest BCUT2D eigenvalue weighted by atomic mass is 35.5. The number of aromatic nitrogens is 2. The SMILES string of the molecule is Cc1nnc(C2(c3ccccc3Cl)CCOCC2)o1. The predicted octanol–water partition coefficient (Wildman–Crippen LogP) is 3.13. The second-order valence-corrected chi connectivity index (χ2v) is 5.21. The van der Waals surface area contributed by atoms with Crippen LogP contribution in [-0.2, 0) is 10.2 Å². The smallest absolute Gasteiger partial charge is 0.227 e. The summed E-state index contributed by atoms with van der Waals surface area (Å²) in [4.78, 5) is 0. The third kappa shape index (κ3) is 2.15. The monoisotopic (exact) mass is 278 g/mol. The molecular formula is C14H15ClN2O2. The van der Waals surface area contributed by atoms with Gasteiger partial charge in [0.1, 0.15) is 0 Å². The number of hydrogen-bond donors (Lipinski definition) is 0. The second-order valence-electron chi connectivity index (χ2n) is 4.80. The van der Waals surface area contributed by atoms with Crippen LogP contribution < -0.4 is 0 Å². The van der Waals surface area contributed by atoms with E-state index in [1.54, 1.807) is 6.92 Å². The van der Waals surface area contributed by atoms with Crippen LogP contribution in [0.15, 0.2) is 28.7 Å². The van der Waals surface area contributed by atoms with Crippen molar-refractivity contribution in [2.45, 2.75) is 25.2 Å². The van der Waals surface area contributed by atoms with Crippen molar-refractivity contribution in [1.82, 2.24) is 10.2 Å². The van der Waals surface area contributed by atoms with Crippen LogP contribution in [0.2, 0.25) is 5.02 Å². The Labute approximate surface area is 116 Å². The molecule has 3 rings (SSSR count). The normalized spacial score (nSPS) is 18.4. The molecule has 0 amide bonds. The van der Waals surface area contributed by atoms with Crippen LogP contribution in [0, 0.1) is 6.92 Å². The predicted molar refractivity (Wildman–Crippen MR) is 71.3 cm³/mol. The summed E-state index contributed by atoms with van der Waals surface area (Å²) < 4.78 is 11.2. The zero-order valence-electron chi connectivity index (χ0n) is 10.7. The molecule has 1 aliphatic heterocycles. The first-order valence-corrected chi connectivity index (χ1v) is 6.73. The highest BCUT2D eigenvalue weighted by Gasteiger charge is 2.42. The molecule has 19 heavy (non-hydrogen) atoms. The van der Waals surface area contributed by atoms with Gasteiger partial charge in [-0.2, -0.15) is 0 Å². The van der Waals surface area contributed by atoms with E-state index in [0.29, 0.717) is 25.0 Å². The van der Waals surface area contributed by atoms with Crippen LogP contribution in [0.1, 0.15) is 30.2 Å². The minimum Gasteiger partial charge on any atom is -0.425 e. The molecule has 1 aromatic carbocycles. The summed E-state index contributed by atoms with van der Waals surface area (Å²) in [6.07, 6.45) is 1.61. The molecule has 1 saturated heterocycles. The van der Waals surface area contributed by atoms with Gasteiger partial charge in [0.2, 0.25) is 11.8 Å². The van der Waals surface area contributed by atoms with E-state index in [-0.39, 0.29) is 5.41 Å². The molecule has 2 aromatic rings. The summed E-state index contributed by atoms with van der Waals surface area (Å²) in [5.74, 6) is 1.22. The third-order valence-electron chi connectivity index (χ3n) is 3.67. The number of halogens is 1. The molecule has 5 heteroatoms. The largest absolute Gasteiger partial charge is 0.425 e. The number of rotatable bonds is 2. The summed E-state index contributed by atoms with van der Waals surface area (Å²) in [5.41, 5.74) is 0.723. The highest BCUT2D eigenvalue weighted by molar-refractivity contribution is 6.31. The van der Waals surface area contributed by atoms with Gasteiger partial charge in [-0.25, -0.2) is 0 Å². The Kier molecular flexibility index (Phi) is 3.29. The number of ether oxygens (including phenoxy) is 1. The van der Waals surface area contributed by atoms with Crippen molar-refractivity contribution in [2.24, 2.45) is 0 Å². The number of hydrogen-bond acceptors (Lipinski definition) is 4. The molecule has 0 bridgehead atoms. The molecule has 1 fully saturated rings. The molecule has 0 radical (unpaired) electrons. The average Bonchev–Trinajstić information content (AvgIpc) is 2.87. The standard InChI is InChI=1S/C14H15ClN2O2/c1-10-16-17-13(19-10)14(6-8-18-9-7-14)11-4-2-3-5-12(11)15/h2-5H,6-9H2,1H3. The lowest BCUT2D eigenvalue weighted by atomic mass is 9.74. The van der Waals surface area contributed by atoms with Crippen LogP contribution in [0.3, 0.4) is 0 Å². The fourth-order valence-corrected chi connectivity index (χ4v) is 2.97. The molecule has 2 heterocycles. The molecule has 0 atom stereocenters. The van der Waals surface area contributed by atoms with Crippen molar-refractivity contribution in [1.29, 1.82) is 0 Å². The fraction of sp³-hybridized carbons (Fsp3) is 0.429. The minimum atomic E-state index is -0.322. The van der Waals surface area contributed by atoms with Gasteiger partial charge < -0.3 is 9.15 Å². The maximum Gasteiger partial charge on any atom is 0.227 e. The molecule has 1 aromatic heterocycles. The van der Waals surface area contributed by atoms with Crippen molar-refractivity contribution in [3.8, 4) is 0 Å². The summed E-state index contributed by atoms with van der Waals surface area (Å²) >= 11 is 6.37. The Bertz CT molecular complexity index is 576. The van der Waals surface area contributed by atoms with Crippen molar-refractivity contribution < 1.29 is 9.15 Å². The van der Waals surface area contributed by atoms with Gasteiger partial charge in [-0.05, 0) is 24.5 Å². The Hall–Kier alpha value is -1.39. The average molecular weight is 279 g/mol. The topological polar surface area (TPSA) is 48.2 Å². The van der Waals surface area contributed by atoms with Gasteiger partial charge in [0.25, 0.3) is 0 Å². The number of benzene rings is 1. The van der Waals surface area contributed by atoms with Gasteiger partial charge >= 0.3 is 0 Å². The van der Waals surface area contributed by atoms with Gasteiger partial charge in [-0.3, -0.25) is 0 Å². The molecule has 0 saturated carbocycles. The zero-order valence-corrected chi connectivity index (χ0v) is 11.5. The van der Waals surface area contributed by atoms with Gasteiger partial charge in [-0.1, -0.05) is 29.8 Å². The Balaban J connectivity index is 2.14. The van der Waals surface area contributed by atoms with E-state index in [1.165, 1.54) is 0 Å². The maximum atomic E-state index is 6.37. The third-order valence-corrected chi connectivity index (χ3v) is 4.00. The van der Waals surface area contributed by atoms with Gasteiger partial charge in [0, 0.05) is 25.2 Å². The maximum absolute atomic E-state index is 6.37. The van der Waals surface area contributed by atoms with Crippen LogP contribution in [0.25, 0.3) is 0 Å². The van der Waals surface area contributed by atoms with Gasteiger partial charge in [0.15, 0.2) is 0 Å². The molecule has 1 aliphatic rings. The van der Waals surface area contributed by atoms with Crippen LogP contribution >= 0.6 is 11.6 Å². The molecule has 0 aliphatic carbocycles. The van der Waals surface area contributed by atoms with E-state index in [0.717, 1.165) is 23.4 Å². The van der Waals surface area contributed by atoms with Crippen LogP contribution in [-0.4, -0.2) is 23.4 Å². The van der Waals surface area contributed by atoms with E-state index >= 15 is 0 Å². The molecule has 0 N–H and O–H groups in total. The summed E-state index contributed by atoms with van der Waals surface area (Å²) in [7, 11) is 0. The molecule has 100 valence electrons. The lowest BCUT2D eigenvalue weighted by Gasteiger charge is -2.35. The molecular weight excluding hydrogens is 264 g/mol. The first kappa shape index (κ1) is 12.6. The first-order chi connectivity index (χ1) is 9.22. The summed E-state index contributed by atoms with van der Waals surface area (Å²) in [6.45, 7) is 3.15. The molecule has 0 unspecified atom stereocenters. The Morgan fingerprint density at radius 3 is 2.53 bits per heavy atom.